The van der Waals surface area contributed by atoms with E-state index in [4.69, 9.17) is 20.2 Å². The largest absolute Gasteiger partial charge is 0.290 e. The van der Waals surface area contributed by atoms with Gasteiger partial charge in [0, 0.05) is 34.1 Å². The van der Waals surface area contributed by atoms with Crippen LogP contribution < -0.4 is 0 Å². The highest BCUT2D eigenvalue weighted by atomic mass is 15.2. The smallest absolute Gasteiger partial charge is 0.188 e. The molecule has 9 rings (SSSR count). The van der Waals surface area contributed by atoms with Crippen LogP contribution in [0.1, 0.15) is 25.0 Å². The molecule has 5 nitrogen and oxygen atoms in total. The van der Waals surface area contributed by atoms with E-state index in [1.54, 1.807) is 12.4 Å². The van der Waals surface area contributed by atoms with Crippen LogP contribution >= 0.6 is 0 Å². The van der Waals surface area contributed by atoms with Gasteiger partial charge >= 0.3 is 0 Å². The minimum Gasteiger partial charge on any atom is -0.290 e. The lowest BCUT2D eigenvalue weighted by atomic mass is 9.79. The summed E-state index contributed by atoms with van der Waals surface area (Å²) in [6, 6.07) is 36.6. The van der Waals surface area contributed by atoms with Crippen molar-refractivity contribution in [1.29, 1.82) is 0 Å². The van der Waals surface area contributed by atoms with Gasteiger partial charge in [-0.1, -0.05) is 98.8 Å². The van der Waals surface area contributed by atoms with E-state index in [9.17, 15) is 0 Å². The van der Waals surface area contributed by atoms with Gasteiger partial charge in [0.25, 0.3) is 0 Å². The molecule has 0 saturated heterocycles. The second-order valence-electron chi connectivity index (χ2n) is 11.6. The van der Waals surface area contributed by atoms with Crippen molar-refractivity contribution >= 4 is 43.6 Å². The molecule has 0 amide bonds. The van der Waals surface area contributed by atoms with E-state index in [1.165, 1.54) is 43.8 Å². The molecule has 0 bridgehead atoms. The van der Waals surface area contributed by atoms with Gasteiger partial charge in [-0.2, -0.15) is 0 Å². The maximum atomic E-state index is 4.94. The molecule has 0 atom stereocenters. The van der Waals surface area contributed by atoms with Crippen molar-refractivity contribution in [2.45, 2.75) is 19.3 Å². The van der Waals surface area contributed by atoms with Crippen molar-refractivity contribution in [1.82, 2.24) is 24.7 Å². The molecule has 8 aromatic rings. The zero-order chi connectivity index (χ0) is 28.0. The molecule has 0 saturated carbocycles. The lowest BCUT2D eigenvalue weighted by Gasteiger charge is -2.24. The summed E-state index contributed by atoms with van der Waals surface area (Å²) >= 11 is 0. The summed E-state index contributed by atoms with van der Waals surface area (Å²) in [4.78, 5) is 9.76. The third kappa shape index (κ3) is 3.02. The molecule has 0 radical (unpaired) electrons. The quantitative estimate of drug-likeness (QED) is 0.221. The fraction of sp³-hybridized carbons (Fsp3) is 0.0811. The minimum absolute atomic E-state index is 0.189. The van der Waals surface area contributed by atoms with Gasteiger partial charge in [0.2, 0.25) is 0 Å². The molecule has 0 fully saturated rings. The Morgan fingerprint density at radius 2 is 1.26 bits per heavy atom. The van der Waals surface area contributed by atoms with Crippen LogP contribution in [0.2, 0.25) is 0 Å². The van der Waals surface area contributed by atoms with E-state index >= 15 is 0 Å². The number of nitrogens with zero attached hydrogens (tertiary/aromatic N) is 5. The van der Waals surface area contributed by atoms with Crippen LogP contribution in [-0.4, -0.2) is 24.7 Å². The number of rotatable bonds is 2. The number of hydrogen-bond donors (Lipinski definition) is 0. The molecule has 5 heteroatoms. The molecular weight excluding hydrogens is 514 g/mol. The van der Waals surface area contributed by atoms with Crippen molar-refractivity contribution < 1.29 is 0 Å². The van der Waals surface area contributed by atoms with Crippen LogP contribution in [0.5, 0.6) is 0 Å². The first kappa shape index (κ1) is 23.3. The molecule has 198 valence electrons. The molecular formula is C37H25N5. The Hall–Kier alpha value is -5.42. The Balaban J connectivity index is 1.35. The number of benzene rings is 5. The molecule has 0 N–H and O–H groups in total. The monoisotopic (exact) mass is 539 g/mol. The third-order valence-corrected chi connectivity index (χ3v) is 8.97. The summed E-state index contributed by atoms with van der Waals surface area (Å²) in [5, 5.41) is 14.6. The highest BCUT2D eigenvalue weighted by molar-refractivity contribution is 6.14. The van der Waals surface area contributed by atoms with Gasteiger partial charge in [-0.25, -0.2) is 4.98 Å². The molecule has 3 heterocycles. The molecule has 3 aromatic heterocycles. The van der Waals surface area contributed by atoms with Crippen molar-refractivity contribution in [3.8, 4) is 28.2 Å². The van der Waals surface area contributed by atoms with Crippen molar-refractivity contribution in [3.05, 3.63) is 127 Å². The van der Waals surface area contributed by atoms with Crippen LogP contribution in [0.25, 0.3) is 71.8 Å². The number of para-hydroxylation sites is 1. The van der Waals surface area contributed by atoms with Crippen LogP contribution in [0.3, 0.4) is 0 Å². The highest BCUT2D eigenvalue weighted by Gasteiger charge is 2.38. The zero-order valence-corrected chi connectivity index (χ0v) is 23.2. The van der Waals surface area contributed by atoms with E-state index in [2.05, 4.69) is 122 Å². The van der Waals surface area contributed by atoms with Gasteiger partial charge in [0.15, 0.2) is 5.82 Å². The topological polar surface area (TPSA) is 56.5 Å². The van der Waals surface area contributed by atoms with Crippen LogP contribution in [-0.2, 0) is 5.41 Å². The van der Waals surface area contributed by atoms with Gasteiger partial charge in [0.05, 0.1) is 11.0 Å². The molecule has 1 aliphatic carbocycles. The Morgan fingerprint density at radius 1 is 0.571 bits per heavy atom. The van der Waals surface area contributed by atoms with Gasteiger partial charge in [-0.3, -0.25) is 9.55 Å². The zero-order valence-electron chi connectivity index (χ0n) is 23.2. The molecule has 0 aliphatic heterocycles. The fourth-order valence-corrected chi connectivity index (χ4v) is 7.13. The number of aromatic nitrogens is 5. The summed E-state index contributed by atoms with van der Waals surface area (Å²) in [5.41, 5.74) is 10.3. The Labute approximate surface area is 242 Å². The molecule has 5 aromatic carbocycles. The Morgan fingerprint density at radius 3 is 2.14 bits per heavy atom. The van der Waals surface area contributed by atoms with E-state index in [-0.39, 0.29) is 5.41 Å². The first-order valence-corrected chi connectivity index (χ1v) is 14.2. The normalized spacial score (nSPS) is 13.7. The third-order valence-electron chi connectivity index (χ3n) is 8.97. The molecule has 0 spiro atoms. The number of hydrogen-bond acceptors (Lipinski definition) is 4. The van der Waals surface area contributed by atoms with Crippen molar-refractivity contribution in [3.63, 3.8) is 0 Å². The summed E-state index contributed by atoms with van der Waals surface area (Å²) in [6.45, 7) is 4.58. The Kier molecular flexibility index (Phi) is 4.61. The van der Waals surface area contributed by atoms with E-state index in [0.29, 0.717) is 5.82 Å². The fourth-order valence-electron chi connectivity index (χ4n) is 7.13. The van der Waals surface area contributed by atoms with E-state index in [0.717, 1.165) is 33.3 Å². The minimum atomic E-state index is -0.189. The van der Waals surface area contributed by atoms with Gasteiger partial charge in [-0.05, 0) is 51.2 Å². The lowest BCUT2D eigenvalue weighted by Crippen LogP contribution is -2.16. The van der Waals surface area contributed by atoms with Crippen molar-refractivity contribution in [2.75, 3.05) is 0 Å². The first-order valence-electron chi connectivity index (χ1n) is 14.2. The standard InChI is InChI=1S/C37H25N5/c1-37(2)29-16-7-5-12-24(29)26-14-9-15-27(32(26)37)33-34-35(39-19-18-38-34)36(41-40-33)42-30-17-8-6-13-25(30)28-20-22-10-3-4-11-23(22)21-31(28)42/h3-21H,1-2H3. The van der Waals surface area contributed by atoms with Gasteiger partial charge in [0.1, 0.15) is 16.7 Å². The summed E-state index contributed by atoms with van der Waals surface area (Å²) in [7, 11) is 0. The predicted molar refractivity (Wildman–Crippen MR) is 170 cm³/mol. The SMILES string of the molecule is CC1(C)c2ccccc2-c2cccc(-c3nnc(-n4c5ccccc5c5cc6ccccc6cc54)c4nccnc34)c21. The maximum absolute atomic E-state index is 4.94. The summed E-state index contributed by atoms with van der Waals surface area (Å²) in [5.74, 6) is 0.679. The number of fused-ring (bicyclic) bond motifs is 8. The molecule has 1 aliphatic rings. The average molecular weight is 540 g/mol. The lowest BCUT2D eigenvalue weighted by molar-refractivity contribution is 0.661. The summed E-state index contributed by atoms with van der Waals surface area (Å²) in [6.07, 6.45) is 3.50. The highest BCUT2D eigenvalue weighted by Crippen LogP contribution is 2.52. The maximum Gasteiger partial charge on any atom is 0.188 e. The van der Waals surface area contributed by atoms with E-state index in [1.807, 2.05) is 0 Å². The van der Waals surface area contributed by atoms with E-state index < -0.39 is 0 Å². The van der Waals surface area contributed by atoms with Gasteiger partial charge in [-0.15, -0.1) is 10.2 Å². The summed E-state index contributed by atoms with van der Waals surface area (Å²) < 4.78 is 2.19. The Bertz CT molecular complexity index is 2400. The van der Waals surface area contributed by atoms with Crippen LogP contribution in [0.15, 0.2) is 116 Å². The van der Waals surface area contributed by atoms with Crippen molar-refractivity contribution in [2.24, 2.45) is 0 Å². The predicted octanol–water partition coefficient (Wildman–Crippen LogP) is 8.64. The molecule has 42 heavy (non-hydrogen) atoms. The average Bonchev–Trinajstić information content (AvgIpc) is 3.48. The van der Waals surface area contributed by atoms with Gasteiger partial charge < -0.3 is 0 Å². The second kappa shape index (κ2) is 8.30. The van der Waals surface area contributed by atoms with Crippen LogP contribution in [0, 0.1) is 0 Å². The van der Waals surface area contributed by atoms with Crippen LogP contribution in [0.4, 0.5) is 0 Å². The first-order chi connectivity index (χ1) is 20.6. The molecule has 0 unspecified atom stereocenters. The second-order valence-corrected chi connectivity index (χ2v) is 11.6.